The highest BCUT2D eigenvalue weighted by atomic mass is 32.1. The SMILES string of the molecule is CCC(CC)(CN)NC(=O)CN(C)C(=O)c1cccs1. The van der Waals surface area contributed by atoms with Gasteiger partial charge in [-0.3, -0.25) is 9.59 Å². The fraction of sp³-hybridized carbons (Fsp3) is 0.571. The second-order valence-electron chi connectivity index (χ2n) is 4.88. The van der Waals surface area contributed by atoms with E-state index in [4.69, 9.17) is 5.73 Å². The minimum absolute atomic E-state index is 0.0402. The van der Waals surface area contributed by atoms with Gasteiger partial charge in [-0.25, -0.2) is 0 Å². The zero-order valence-corrected chi connectivity index (χ0v) is 13.1. The number of amides is 2. The zero-order chi connectivity index (χ0) is 15.2. The third-order valence-corrected chi connectivity index (χ3v) is 4.47. The Morgan fingerprint density at radius 2 is 2.05 bits per heavy atom. The van der Waals surface area contributed by atoms with E-state index in [-0.39, 0.29) is 23.9 Å². The molecule has 1 rings (SSSR count). The van der Waals surface area contributed by atoms with E-state index in [2.05, 4.69) is 5.32 Å². The average Bonchev–Trinajstić information content (AvgIpc) is 2.98. The van der Waals surface area contributed by atoms with Gasteiger partial charge in [-0.05, 0) is 24.3 Å². The van der Waals surface area contributed by atoms with Gasteiger partial charge in [-0.2, -0.15) is 0 Å². The minimum atomic E-state index is -0.371. The van der Waals surface area contributed by atoms with Crippen molar-refractivity contribution in [3.05, 3.63) is 22.4 Å². The molecule has 0 saturated heterocycles. The summed E-state index contributed by atoms with van der Waals surface area (Å²) in [6.07, 6.45) is 1.54. The molecule has 0 bridgehead atoms. The van der Waals surface area contributed by atoms with Crippen LogP contribution < -0.4 is 11.1 Å². The number of carbonyl (C=O) groups excluding carboxylic acids is 2. The molecule has 0 saturated carbocycles. The summed E-state index contributed by atoms with van der Waals surface area (Å²) in [5.41, 5.74) is 5.38. The van der Waals surface area contributed by atoms with Gasteiger partial charge in [0.15, 0.2) is 0 Å². The van der Waals surface area contributed by atoms with E-state index in [0.29, 0.717) is 11.4 Å². The van der Waals surface area contributed by atoms with Crippen molar-refractivity contribution in [2.75, 3.05) is 20.1 Å². The molecule has 0 atom stereocenters. The Morgan fingerprint density at radius 1 is 1.40 bits per heavy atom. The van der Waals surface area contributed by atoms with Gasteiger partial charge in [0, 0.05) is 13.6 Å². The molecule has 5 nitrogen and oxygen atoms in total. The van der Waals surface area contributed by atoms with E-state index in [1.54, 1.807) is 13.1 Å². The monoisotopic (exact) mass is 297 g/mol. The van der Waals surface area contributed by atoms with Crippen molar-refractivity contribution in [1.29, 1.82) is 0 Å². The average molecular weight is 297 g/mol. The first-order valence-electron chi connectivity index (χ1n) is 6.78. The predicted molar refractivity (Wildman–Crippen MR) is 81.8 cm³/mol. The second kappa shape index (κ2) is 7.40. The number of nitrogens with one attached hydrogen (secondary N) is 1. The van der Waals surface area contributed by atoms with Gasteiger partial charge in [0.25, 0.3) is 5.91 Å². The molecule has 2 amide bonds. The molecule has 0 aliphatic carbocycles. The van der Waals surface area contributed by atoms with Crippen molar-refractivity contribution in [2.24, 2.45) is 5.73 Å². The molecule has 1 aromatic rings. The number of carbonyl (C=O) groups is 2. The Balaban J connectivity index is 2.60. The highest BCUT2D eigenvalue weighted by Gasteiger charge is 2.27. The lowest BCUT2D eigenvalue weighted by Gasteiger charge is -2.32. The molecule has 0 radical (unpaired) electrons. The number of hydrogen-bond donors (Lipinski definition) is 2. The lowest BCUT2D eigenvalue weighted by molar-refractivity contribution is -0.123. The van der Waals surface area contributed by atoms with E-state index in [1.807, 2.05) is 25.3 Å². The van der Waals surface area contributed by atoms with Crippen molar-refractivity contribution in [3.8, 4) is 0 Å². The van der Waals surface area contributed by atoms with Gasteiger partial charge in [0.2, 0.25) is 5.91 Å². The Morgan fingerprint density at radius 3 is 2.50 bits per heavy atom. The van der Waals surface area contributed by atoms with Crippen LogP contribution in [0.3, 0.4) is 0 Å². The van der Waals surface area contributed by atoms with Crippen LogP contribution in [0.4, 0.5) is 0 Å². The maximum absolute atomic E-state index is 12.1. The van der Waals surface area contributed by atoms with Gasteiger partial charge in [0.1, 0.15) is 0 Å². The van der Waals surface area contributed by atoms with E-state index in [0.717, 1.165) is 12.8 Å². The van der Waals surface area contributed by atoms with Gasteiger partial charge in [0.05, 0.1) is 17.0 Å². The normalized spacial score (nSPS) is 11.2. The maximum atomic E-state index is 12.1. The van der Waals surface area contributed by atoms with E-state index in [9.17, 15) is 9.59 Å². The van der Waals surface area contributed by atoms with Crippen LogP contribution in [-0.2, 0) is 4.79 Å². The number of rotatable bonds is 7. The van der Waals surface area contributed by atoms with Crippen molar-refractivity contribution < 1.29 is 9.59 Å². The van der Waals surface area contributed by atoms with Crippen LogP contribution in [0.1, 0.15) is 36.4 Å². The van der Waals surface area contributed by atoms with Crippen LogP contribution in [0.25, 0.3) is 0 Å². The highest BCUT2D eigenvalue weighted by molar-refractivity contribution is 7.12. The largest absolute Gasteiger partial charge is 0.348 e. The molecule has 0 unspecified atom stereocenters. The van der Waals surface area contributed by atoms with Crippen LogP contribution in [-0.4, -0.2) is 42.4 Å². The molecule has 0 spiro atoms. The number of nitrogens with zero attached hydrogens (tertiary/aromatic N) is 1. The molecular formula is C14H23N3O2S. The summed E-state index contributed by atoms with van der Waals surface area (Å²) < 4.78 is 0. The van der Waals surface area contributed by atoms with Crippen LogP contribution in [0.15, 0.2) is 17.5 Å². The van der Waals surface area contributed by atoms with Crippen LogP contribution in [0.5, 0.6) is 0 Å². The molecule has 112 valence electrons. The fourth-order valence-corrected chi connectivity index (χ4v) is 2.69. The number of nitrogens with two attached hydrogens (primary N) is 1. The Kier molecular flexibility index (Phi) is 6.16. The molecule has 0 aliphatic rings. The van der Waals surface area contributed by atoms with Crippen molar-refractivity contribution >= 4 is 23.2 Å². The third-order valence-electron chi connectivity index (χ3n) is 3.61. The molecule has 1 heterocycles. The highest BCUT2D eigenvalue weighted by Crippen LogP contribution is 2.14. The van der Waals surface area contributed by atoms with Crippen LogP contribution in [0, 0.1) is 0 Å². The van der Waals surface area contributed by atoms with Gasteiger partial charge >= 0.3 is 0 Å². The van der Waals surface area contributed by atoms with Crippen molar-refractivity contribution in [2.45, 2.75) is 32.2 Å². The Hall–Kier alpha value is -1.40. The zero-order valence-electron chi connectivity index (χ0n) is 12.3. The standard InChI is InChI=1S/C14H23N3O2S/c1-4-14(5-2,10-15)16-12(18)9-17(3)13(19)11-7-6-8-20-11/h6-8H,4-5,9-10,15H2,1-3H3,(H,16,18). The molecule has 20 heavy (non-hydrogen) atoms. The van der Waals surface area contributed by atoms with E-state index in [1.165, 1.54) is 16.2 Å². The molecule has 0 aliphatic heterocycles. The van der Waals surface area contributed by atoms with Crippen molar-refractivity contribution in [3.63, 3.8) is 0 Å². The smallest absolute Gasteiger partial charge is 0.264 e. The summed E-state index contributed by atoms with van der Waals surface area (Å²) in [5.74, 6) is -0.312. The Labute approximate surface area is 124 Å². The molecular weight excluding hydrogens is 274 g/mol. The van der Waals surface area contributed by atoms with Crippen molar-refractivity contribution in [1.82, 2.24) is 10.2 Å². The summed E-state index contributed by atoms with van der Waals surface area (Å²) in [4.78, 5) is 26.2. The first kappa shape index (κ1) is 16.7. The topological polar surface area (TPSA) is 75.4 Å². The molecule has 0 aromatic carbocycles. The van der Waals surface area contributed by atoms with Gasteiger partial charge in [-0.1, -0.05) is 19.9 Å². The molecule has 3 N–H and O–H groups in total. The lowest BCUT2D eigenvalue weighted by atomic mass is 9.93. The van der Waals surface area contributed by atoms with Crippen LogP contribution >= 0.6 is 11.3 Å². The number of likely N-dealkylation sites (N-methyl/N-ethyl adjacent to an activating group) is 1. The summed E-state index contributed by atoms with van der Waals surface area (Å²) in [6, 6.07) is 3.57. The molecule has 0 fully saturated rings. The summed E-state index contributed by atoms with van der Waals surface area (Å²) in [5, 5.41) is 4.80. The first-order valence-corrected chi connectivity index (χ1v) is 7.66. The third kappa shape index (κ3) is 4.05. The summed E-state index contributed by atoms with van der Waals surface area (Å²) in [6.45, 7) is 4.43. The quantitative estimate of drug-likeness (QED) is 0.800. The van der Waals surface area contributed by atoms with Gasteiger partial charge < -0.3 is 16.0 Å². The van der Waals surface area contributed by atoms with E-state index >= 15 is 0 Å². The van der Waals surface area contributed by atoms with Crippen LogP contribution in [0.2, 0.25) is 0 Å². The minimum Gasteiger partial charge on any atom is -0.348 e. The number of thiophene rings is 1. The van der Waals surface area contributed by atoms with E-state index < -0.39 is 0 Å². The molecule has 6 heteroatoms. The second-order valence-corrected chi connectivity index (χ2v) is 5.83. The Bertz CT molecular complexity index is 433. The first-order chi connectivity index (χ1) is 9.48. The maximum Gasteiger partial charge on any atom is 0.264 e. The van der Waals surface area contributed by atoms with Gasteiger partial charge in [-0.15, -0.1) is 11.3 Å². The predicted octanol–water partition coefficient (Wildman–Crippen LogP) is 1.45. The number of hydrogen-bond acceptors (Lipinski definition) is 4. The summed E-state index contributed by atoms with van der Waals surface area (Å²) in [7, 11) is 1.63. The molecule has 1 aromatic heterocycles. The fourth-order valence-electron chi connectivity index (χ4n) is 1.98. The summed E-state index contributed by atoms with van der Waals surface area (Å²) >= 11 is 1.37. The lowest BCUT2D eigenvalue weighted by Crippen LogP contribution is -2.55.